The first-order valence-corrected chi connectivity index (χ1v) is 10.0. The molecule has 3 rings (SSSR count). The molecule has 31 heavy (non-hydrogen) atoms. The first-order chi connectivity index (χ1) is 14.8. The van der Waals surface area contributed by atoms with Crippen molar-refractivity contribution < 1.29 is 9.84 Å². The Kier molecular flexibility index (Phi) is 7.37. The summed E-state index contributed by atoms with van der Waals surface area (Å²) in [4.78, 5) is 32.9. The third kappa shape index (κ3) is 6.63. The zero-order valence-corrected chi connectivity index (χ0v) is 18.3. The van der Waals surface area contributed by atoms with E-state index in [-0.39, 0.29) is 24.7 Å². The molecule has 3 aromatic heterocycles. The van der Waals surface area contributed by atoms with Gasteiger partial charge in [-0.1, -0.05) is 6.07 Å². The van der Waals surface area contributed by atoms with Crippen LogP contribution in [0.2, 0.25) is 0 Å². The van der Waals surface area contributed by atoms with Gasteiger partial charge in [-0.15, -0.1) is 0 Å². The molecule has 0 amide bonds. The van der Waals surface area contributed by atoms with Gasteiger partial charge in [-0.05, 0) is 39.6 Å². The molecule has 10 nitrogen and oxygen atoms in total. The number of pyridine rings is 1. The number of H-pyrrole nitrogens is 2. The van der Waals surface area contributed by atoms with E-state index in [1.165, 1.54) is 6.20 Å². The van der Waals surface area contributed by atoms with Crippen molar-refractivity contribution in [2.75, 3.05) is 32.6 Å². The second-order valence-electron chi connectivity index (χ2n) is 7.77. The van der Waals surface area contributed by atoms with Gasteiger partial charge < -0.3 is 25.0 Å². The van der Waals surface area contributed by atoms with Crippen LogP contribution in [-0.4, -0.2) is 68.3 Å². The standard InChI is InChI=1S/C21H29N7O3/c1-13-5-6-15(8-22-13)7-16-9-23-20(27-19(16)30)24-10-17(29)12-31-21-25-14(2)18(26-21)11-28(3)4/h5-6,8-9,17,29H,7,10-12H2,1-4H3,(H,25,26)(H2,23,24,27,30). The number of anilines is 1. The smallest absolute Gasteiger partial charge is 0.294 e. The summed E-state index contributed by atoms with van der Waals surface area (Å²) in [6.07, 6.45) is 2.92. The fourth-order valence-corrected chi connectivity index (χ4v) is 2.90. The van der Waals surface area contributed by atoms with Gasteiger partial charge in [0.05, 0.1) is 5.69 Å². The van der Waals surface area contributed by atoms with Crippen LogP contribution in [0.25, 0.3) is 0 Å². The van der Waals surface area contributed by atoms with Crippen molar-refractivity contribution in [1.29, 1.82) is 0 Å². The summed E-state index contributed by atoms with van der Waals surface area (Å²) in [5.41, 5.74) is 4.00. The van der Waals surface area contributed by atoms with E-state index in [4.69, 9.17) is 4.74 Å². The number of imidazole rings is 1. The van der Waals surface area contributed by atoms with Crippen molar-refractivity contribution in [3.63, 3.8) is 0 Å². The van der Waals surface area contributed by atoms with Crippen LogP contribution in [0.15, 0.2) is 29.3 Å². The topological polar surface area (TPSA) is 132 Å². The minimum absolute atomic E-state index is 0.0457. The van der Waals surface area contributed by atoms with Gasteiger partial charge >= 0.3 is 0 Å². The van der Waals surface area contributed by atoms with E-state index in [9.17, 15) is 9.90 Å². The second kappa shape index (κ2) is 10.2. The molecule has 1 unspecified atom stereocenters. The third-order valence-corrected chi connectivity index (χ3v) is 4.59. The molecule has 10 heteroatoms. The molecule has 4 N–H and O–H groups in total. The van der Waals surface area contributed by atoms with Crippen LogP contribution in [0.5, 0.6) is 6.01 Å². The number of aliphatic hydroxyl groups is 1. The van der Waals surface area contributed by atoms with Gasteiger partial charge in [-0.25, -0.2) is 4.98 Å². The number of aromatic nitrogens is 5. The van der Waals surface area contributed by atoms with Crippen LogP contribution in [0.3, 0.4) is 0 Å². The molecule has 3 aromatic rings. The highest BCUT2D eigenvalue weighted by molar-refractivity contribution is 5.28. The summed E-state index contributed by atoms with van der Waals surface area (Å²) in [5.74, 6) is 0.289. The van der Waals surface area contributed by atoms with Crippen molar-refractivity contribution in [3.05, 3.63) is 63.1 Å². The SMILES string of the molecule is Cc1ccc(Cc2cnc(NCC(O)COc3nc(CN(C)C)c(C)[nH]3)[nH]c2=O)cn1. The molecule has 0 fully saturated rings. The van der Waals surface area contributed by atoms with E-state index in [2.05, 4.69) is 30.2 Å². The molecule has 0 saturated carbocycles. The van der Waals surface area contributed by atoms with Crippen LogP contribution >= 0.6 is 0 Å². The monoisotopic (exact) mass is 427 g/mol. The maximum absolute atomic E-state index is 12.3. The molecule has 0 aliphatic rings. The molecule has 0 aliphatic carbocycles. The second-order valence-corrected chi connectivity index (χ2v) is 7.77. The van der Waals surface area contributed by atoms with Crippen LogP contribution in [-0.2, 0) is 13.0 Å². The van der Waals surface area contributed by atoms with Gasteiger partial charge in [-0.2, -0.15) is 4.98 Å². The van der Waals surface area contributed by atoms with Gasteiger partial charge in [0.1, 0.15) is 12.7 Å². The summed E-state index contributed by atoms with van der Waals surface area (Å²) in [5, 5.41) is 13.1. The quantitative estimate of drug-likeness (QED) is 0.377. The lowest BCUT2D eigenvalue weighted by molar-refractivity contribution is 0.112. The highest BCUT2D eigenvalue weighted by atomic mass is 16.5. The predicted molar refractivity (Wildman–Crippen MR) is 117 cm³/mol. The number of rotatable bonds is 10. The summed E-state index contributed by atoms with van der Waals surface area (Å²) >= 11 is 0. The minimum atomic E-state index is -0.814. The van der Waals surface area contributed by atoms with Crippen LogP contribution in [0.1, 0.15) is 28.2 Å². The Balaban J connectivity index is 1.48. The number of ether oxygens (including phenoxy) is 1. The molecule has 166 valence electrons. The zero-order valence-electron chi connectivity index (χ0n) is 18.3. The van der Waals surface area contributed by atoms with E-state index in [1.54, 1.807) is 6.20 Å². The van der Waals surface area contributed by atoms with E-state index in [0.717, 1.165) is 22.6 Å². The van der Waals surface area contributed by atoms with Crippen LogP contribution < -0.4 is 15.6 Å². The summed E-state index contributed by atoms with van der Waals surface area (Å²) in [7, 11) is 3.93. The summed E-state index contributed by atoms with van der Waals surface area (Å²) < 4.78 is 5.54. The molecule has 0 aromatic carbocycles. The Morgan fingerprint density at radius 1 is 1.19 bits per heavy atom. The van der Waals surface area contributed by atoms with E-state index < -0.39 is 6.10 Å². The Morgan fingerprint density at radius 3 is 2.68 bits per heavy atom. The number of hydrogen-bond acceptors (Lipinski definition) is 8. The molecule has 0 saturated heterocycles. The largest absolute Gasteiger partial charge is 0.462 e. The number of nitrogens with zero attached hydrogens (tertiary/aromatic N) is 4. The van der Waals surface area contributed by atoms with Crippen molar-refractivity contribution in [1.82, 2.24) is 29.8 Å². The van der Waals surface area contributed by atoms with E-state index >= 15 is 0 Å². The highest BCUT2D eigenvalue weighted by Gasteiger charge is 2.12. The fraction of sp³-hybridized carbons (Fsp3) is 0.429. The van der Waals surface area contributed by atoms with Crippen molar-refractivity contribution in [2.24, 2.45) is 0 Å². The van der Waals surface area contributed by atoms with Gasteiger partial charge in [-0.3, -0.25) is 14.8 Å². The highest BCUT2D eigenvalue weighted by Crippen LogP contribution is 2.12. The lowest BCUT2D eigenvalue weighted by Crippen LogP contribution is -2.28. The van der Waals surface area contributed by atoms with Crippen LogP contribution in [0.4, 0.5) is 5.95 Å². The maximum Gasteiger partial charge on any atom is 0.294 e. The number of aromatic amines is 2. The van der Waals surface area contributed by atoms with E-state index in [1.807, 2.05) is 45.0 Å². The summed E-state index contributed by atoms with van der Waals surface area (Å²) in [6, 6.07) is 4.22. The van der Waals surface area contributed by atoms with Crippen LogP contribution in [0, 0.1) is 13.8 Å². The molecule has 0 bridgehead atoms. The number of aliphatic hydroxyl groups excluding tert-OH is 1. The van der Waals surface area contributed by atoms with Gasteiger partial charge in [0.15, 0.2) is 0 Å². The normalized spacial score (nSPS) is 12.2. The number of nitrogens with one attached hydrogen (secondary N) is 3. The fourth-order valence-electron chi connectivity index (χ4n) is 2.90. The van der Waals surface area contributed by atoms with Crippen molar-refractivity contribution >= 4 is 5.95 Å². The Morgan fingerprint density at radius 2 is 2.00 bits per heavy atom. The average Bonchev–Trinajstić information content (AvgIpc) is 3.07. The molecule has 3 heterocycles. The molecular weight excluding hydrogens is 398 g/mol. The van der Waals surface area contributed by atoms with Crippen molar-refractivity contribution in [2.45, 2.75) is 32.9 Å². The Hall–Kier alpha value is -3.24. The lowest BCUT2D eigenvalue weighted by atomic mass is 10.1. The molecule has 0 radical (unpaired) electrons. The summed E-state index contributed by atoms with van der Waals surface area (Å²) in [6.45, 7) is 4.75. The predicted octanol–water partition coefficient (Wildman–Crippen LogP) is 1.01. The molecular formula is C21H29N7O3. The first-order valence-electron chi connectivity index (χ1n) is 10.0. The minimum Gasteiger partial charge on any atom is -0.462 e. The van der Waals surface area contributed by atoms with E-state index in [0.29, 0.717) is 24.5 Å². The molecule has 0 aliphatic heterocycles. The molecule has 1 atom stereocenters. The molecule has 0 spiro atoms. The van der Waals surface area contributed by atoms with Crippen molar-refractivity contribution in [3.8, 4) is 6.01 Å². The van der Waals surface area contributed by atoms with Gasteiger partial charge in [0.2, 0.25) is 5.95 Å². The van der Waals surface area contributed by atoms with Gasteiger partial charge in [0.25, 0.3) is 11.6 Å². The van der Waals surface area contributed by atoms with Gasteiger partial charge in [0, 0.05) is 48.9 Å². The zero-order chi connectivity index (χ0) is 22.4. The maximum atomic E-state index is 12.3. The number of hydrogen-bond donors (Lipinski definition) is 4. The lowest BCUT2D eigenvalue weighted by Gasteiger charge is -2.12. The average molecular weight is 428 g/mol. The Bertz CT molecular complexity index is 1040. The third-order valence-electron chi connectivity index (χ3n) is 4.59. The number of aryl methyl sites for hydroxylation is 2. The Labute approximate surface area is 180 Å². The first kappa shape index (κ1) is 22.4.